The molecule has 0 atom stereocenters. The molecule has 0 saturated carbocycles. The molecule has 0 N–H and O–H groups in total. The van der Waals surface area contributed by atoms with Crippen LogP contribution in [0.15, 0.2) is 86.1 Å². The van der Waals surface area contributed by atoms with Gasteiger partial charge in [-0.25, -0.2) is 0 Å². The minimum Gasteiger partial charge on any atom is -0.455 e. The van der Waals surface area contributed by atoms with E-state index >= 15 is 0 Å². The zero-order valence-corrected chi connectivity index (χ0v) is 19.8. The van der Waals surface area contributed by atoms with Crippen LogP contribution in [0.1, 0.15) is 15.9 Å². The molecule has 5 aromatic carbocycles. The molecule has 0 aliphatic heterocycles. The molecule has 0 bridgehead atoms. The summed E-state index contributed by atoms with van der Waals surface area (Å²) in [5.74, 6) is -0.0627. The van der Waals surface area contributed by atoms with Crippen LogP contribution in [0.5, 0.6) is 0 Å². The average Bonchev–Trinajstić information content (AvgIpc) is 3.49. The fraction of sp³-hybridized carbons (Fsp3) is 0. The van der Waals surface area contributed by atoms with E-state index in [2.05, 4.69) is 34.1 Å². The second-order valence-electron chi connectivity index (χ2n) is 8.70. The lowest BCUT2D eigenvalue weighted by Gasteiger charge is -2.05. The molecule has 7 aromatic rings. The van der Waals surface area contributed by atoms with E-state index in [0.717, 1.165) is 59.1 Å². The lowest BCUT2D eigenvalue weighted by molar-refractivity contribution is 0.104. The van der Waals surface area contributed by atoms with Crippen LogP contribution in [-0.2, 0) is 0 Å². The van der Waals surface area contributed by atoms with Gasteiger partial charge in [0.25, 0.3) is 0 Å². The molecule has 8 rings (SSSR count). The van der Waals surface area contributed by atoms with Crippen molar-refractivity contribution in [2.75, 3.05) is 0 Å². The predicted molar refractivity (Wildman–Crippen MR) is 140 cm³/mol. The molecule has 34 heavy (non-hydrogen) atoms. The Balaban J connectivity index is 1.61. The average molecular weight is 524 g/mol. The van der Waals surface area contributed by atoms with Crippen molar-refractivity contribution in [3.63, 3.8) is 0 Å². The summed E-state index contributed by atoms with van der Waals surface area (Å²) in [6, 6.07) is 23.8. The number of rotatable bonds is 0. The number of benzene rings is 5. The first-order valence-electron chi connectivity index (χ1n) is 10.9. The first kappa shape index (κ1) is 18.8. The van der Waals surface area contributed by atoms with Crippen molar-refractivity contribution < 1.29 is 13.6 Å². The van der Waals surface area contributed by atoms with Gasteiger partial charge in [-0.15, -0.1) is 0 Å². The molecule has 3 nitrogen and oxygen atoms in total. The normalized spacial score (nSPS) is 13.1. The molecule has 2 aromatic heterocycles. The summed E-state index contributed by atoms with van der Waals surface area (Å²) in [5, 5.41) is 6.33. The zero-order chi connectivity index (χ0) is 22.7. The molecule has 1 aliphatic carbocycles. The fourth-order valence-electron chi connectivity index (χ4n) is 5.46. The summed E-state index contributed by atoms with van der Waals surface area (Å²) in [5.41, 5.74) is 5.66. The Morgan fingerprint density at radius 1 is 0.676 bits per heavy atom. The lowest BCUT2D eigenvalue weighted by atomic mass is 9.97. The van der Waals surface area contributed by atoms with Crippen LogP contribution >= 0.6 is 27.5 Å². The van der Waals surface area contributed by atoms with Gasteiger partial charge in [-0.05, 0) is 57.0 Å². The highest BCUT2D eigenvalue weighted by Crippen LogP contribution is 2.52. The van der Waals surface area contributed by atoms with E-state index in [0.29, 0.717) is 27.3 Å². The monoisotopic (exact) mass is 522 g/mol. The largest absolute Gasteiger partial charge is 0.455 e. The number of fused-ring (bicyclic) bond motifs is 12. The van der Waals surface area contributed by atoms with Gasteiger partial charge in [-0.3, -0.25) is 4.79 Å². The van der Waals surface area contributed by atoms with Gasteiger partial charge in [0.15, 0.2) is 5.78 Å². The Hall–Kier alpha value is -3.60. The third kappa shape index (κ3) is 2.20. The van der Waals surface area contributed by atoms with Crippen molar-refractivity contribution in [3.05, 3.63) is 93.4 Å². The number of carbonyl (C=O) groups excluding carboxylic acids is 1. The number of halogens is 2. The first-order valence-corrected chi connectivity index (χ1v) is 12.0. The Morgan fingerprint density at radius 2 is 1.38 bits per heavy atom. The van der Waals surface area contributed by atoms with Gasteiger partial charge in [-0.2, -0.15) is 0 Å². The van der Waals surface area contributed by atoms with Gasteiger partial charge in [0, 0.05) is 43.8 Å². The minimum atomic E-state index is -0.0627. The van der Waals surface area contributed by atoms with Crippen LogP contribution in [0.3, 0.4) is 0 Å². The molecule has 0 amide bonds. The summed E-state index contributed by atoms with van der Waals surface area (Å²) >= 11 is 10.4. The van der Waals surface area contributed by atoms with Gasteiger partial charge in [0.1, 0.15) is 22.3 Å². The van der Waals surface area contributed by atoms with Crippen molar-refractivity contribution >= 4 is 88.0 Å². The standard InChI is InChI=1S/C29H12BrClO3/c30-19-11-17-24(25-15-7-3-4-8-21(15)33-28(19)25)26-18(27(17)32)12-20(31)23-16-9-13-5-1-2-6-14(13)10-22(16)34-29(23)26/h1-12H. The smallest absolute Gasteiger partial charge is 0.194 e. The SMILES string of the molecule is O=C1c2cc(Cl)c3c(oc4cc5ccccc5cc43)c2-c2c1cc(Br)c1oc3ccccc3c21. The molecule has 5 heteroatoms. The van der Waals surface area contributed by atoms with Crippen molar-refractivity contribution in [2.24, 2.45) is 0 Å². The van der Waals surface area contributed by atoms with Crippen molar-refractivity contribution in [1.82, 2.24) is 0 Å². The van der Waals surface area contributed by atoms with E-state index in [-0.39, 0.29) is 5.78 Å². The topological polar surface area (TPSA) is 43.4 Å². The molecule has 1 aliphatic rings. The van der Waals surface area contributed by atoms with Crippen LogP contribution in [0.25, 0.3) is 65.8 Å². The van der Waals surface area contributed by atoms with Gasteiger partial charge < -0.3 is 8.83 Å². The molecule has 2 heterocycles. The second-order valence-corrected chi connectivity index (χ2v) is 9.96. The van der Waals surface area contributed by atoms with E-state index in [1.807, 2.05) is 48.5 Å². The molecular weight excluding hydrogens is 512 g/mol. The maximum Gasteiger partial charge on any atom is 0.194 e. The number of ketones is 1. The Kier molecular flexibility index (Phi) is 3.48. The number of hydrogen-bond donors (Lipinski definition) is 0. The Labute approximate surface area is 205 Å². The van der Waals surface area contributed by atoms with E-state index in [1.54, 1.807) is 6.07 Å². The minimum absolute atomic E-state index is 0.0627. The van der Waals surface area contributed by atoms with Crippen LogP contribution in [-0.4, -0.2) is 5.78 Å². The number of para-hydroxylation sites is 1. The Morgan fingerprint density at radius 3 is 2.24 bits per heavy atom. The van der Waals surface area contributed by atoms with Crippen LogP contribution in [0, 0.1) is 0 Å². The highest BCUT2D eigenvalue weighted by Gasteiger charge is 2.35. The number of furan rings is 2. The summed E-state index contributed by atoms with van der Waals surface area (Å²) in [7, 11) is 0. The first-order chi connectivity index (χ1) is 16.6. The number of hydrogen-bond acceptors (Lipinski definition) is 3. The van der Waals surface area contributed by atoms with Crippen LogP contribution < -0.4 is 0 Å². The summed E-state index contributed by atoms with van der Waals surface area (Å²) in [4.78, 5) is 13.6. The van der Waals surface area contributed by atoms with Gasteiger partial charge in [-0.1, -0.05) is 54.1 Å². The molecule has 0 unspecified atom stereocenters. The van der Waals surface area contributed by atoms with Crippen molar-refractivity contribution in [3.8, 4) is 11.1 Å². The second kappa shape index (κ2) is 6.29. The summed E-state index contributed by atoms with van der Waals surface area (Å²) < 4.78 is 13.4. The number of carbonyl (C=O) groups is 1. The third-order valence-corrected chi connectivity index (χ3v) is 7.79. The van der Waals surface area contributed by atoms with E-state index in [9.17, 15) is 4.79 Å². The summed E-state index contributed by atoms with van der Waals surface area (Å²) in [6.45, 7) is 0. The van der Waals surface area contributed by atoms with E-state index in [4.69, 9.17) is 20.4 Å². The van der Waals surface area contributed by atoms with E-state index < -0.39 is 0 Å². The summed E-state index contributed by atoms with van der Waals surface area (Å²) in [6.07, 6.45) is 0. The Bertz CT molecular complexity index is 2060. The molecule has 0 radical (unpaired) electrons. The maximum atomic E-state index is 13.6. The van der Waals surface area contributed by atoms with Crippen molar-refractivity contribution in [2.45, 2.75) is 0 Å². The van der Waals surface area contributed by atoms with E-state index in [1.165, 1.54) is 0 Å². The molecule has 0 spiro atoms. The highest BCUT2D eigenvalue weighted by atomic mass is 79.9. The zero-order valence-electron chi connectivity index (χ0n) is 17.4. The molecule has 160 valence electrons. The quantitative estimate of drug-likeness (QED) is 0.199. The third-order valence-electron chi connectivity index (χ3n) is 6.90. The fourth-order valence-corrected chi connectivity index (χ4v) is 6.27. The maximum absolute atomic E-state index is 13.6. The van der Waals surface area contributed by atoms with Crippen molar-refractivity contribution in [1.29, 1.82) is 0 Å². The van der Waals surface area contributed by atoms with Crippen LogP contribution in [0.4, 0.5) is 0 Å². The van der Waals surface area contributed by atoms with Crippen LogP contribution in [0.2, 0.25) is 5.02 Å². The van der Waals surface area contributed by atoms with Gasteiger partial charge >= 0.3 is 0 Å². The lowest BCUT2D eigenvalue weighted by Crippen LogP contribution is -1.95. The predicted octanol–water partition coefficient (Wildman–Crippen LogP) is 9.27. The van der Waals surface area contributed by atoms with Gasteiger partial charge in [0.05, 0.1) is 9.50 Å². The molecule has 0 saturated heterocycles. The highest BCUT2D eigenvalue weighted by molar-refractivity contribution is 9.10. The molecular formula is C29H12BrClO3. The van der Waals surface area contributed by atoms with Gasteiger partial charge in [0.2, 0.25) is 0 Å². The molecule has 0 fully saturated rings.